The van der Waals surface area contributed by atoms with E-state index < -0.39 is 53.0 Å². The minimum atomic E-state index is -3.83. The zero-order valence-electron chi connectivity index (χ0n) is 23.7. The number of benzene rings is 1. The fourth-order valence-corrected chi connectivity index (χ4v) is 5.74. The Labute approximate surface area is 241 Å². The van der Waals surface area contributed by atoms with Gasteiger partial charge in [-0.1, -0.05) is 25.5 Å². The van der Waals surface area contributed by atoms with E-state index in [2.05, 4.69) is 26.0 Å². The van der Waals surface area contributed by atoms with Crippen molar-refractivity contribution in [2.24, 2.45) is 5.92 Å². The SMILES string of the molecule is CCCCS(=O)(=O)N[C@@H](CNC(=O)CNC(=O)[C@H](Cc1ccc(OC)cc1)NC(=O)CCC1CCNCC1)C(=O)O. The molecule has 6 N–H and O–H groups in total. The summed E-state index contributed by atoms with van der Waals surface area (Å²) < 4.78 is 31.4. The first-order valence-corrected chi connectivity index (χ1v) is 15.6. The Balaban J connectivity index is 1.94. The average Bonchev–Trinajstić information content (AvgIpc) is 2.96. The van der Waals surface area contributed by atoms with Gasteiger partial charge in [0.05, 0.1) is 19.4 Å². The summed E-state index contributed by atoms with van der Waals surface area (Å²) in [7, 11) is -2.29. The zero-order chi connectivity index (χ0) is 30.3. The Kier molecular flexibility index (Phi) is 14.5. The van der Waals surface area contributed by atoms with Crippen molar-refractivity contribution in [1.82, 2.24) is 26.0 Å². The van der Waals surface area contributed by atoms with Crippen LogP contribution >= 0.6 is 0 Å². The normalized spacial score (nSPS) is 15.4. The van der Waals surface area contributed by atoms with Crippen molar-refractivity contribution in [3.63, 3.8) is 0 Å². The third-order valence-electron chi connectivity index (χ3n) is 6.80. The van der Waals surface area contributed by atoms with Crippen LogP contribution in [0.4, 0.5) is 0 Å². The van der Waals surface area contributed by atoms with Gasteiger partial charge in [-0.25, -0.2) is 8.42 Å². The van der Waals surface area contributed by atoms with Crippen LogP contribution in [-0.4, -0.2) is 88.3 Å². The number of rotatable bonds is 18. The maximum absolute atomic E-state index is 13.0. The number of methoxy groups -OCH3 is 1. The van der Waals surface area contributed by atoms with Gasteiger partial charge in [-0.05, 0) is 62.4 Å². The molecule has 1 fully saturated rings. The van der Waals surface area contributed by atoms with Gasteiger partial charge in [0.1, 0.15) is 17.8 Å². The lowest BCUT2D eigenvalue weighted by molar-refractivity contribution is -0.139. The Bertz CT molecular complexity index is 1110. The topological polar surface area (TPSA) is 192 Å². The minimum absolute atomic E-state index is 0.178. The molecule has 13 nitrogen and oxygen atoms in total. The van der Waals surface area contributed by atoms with Gasteiger partial charge in [-0.3, -0.25) is 19.2 Å². The summed E-state index contributed by atoms with van der Waals surface area (Å²) in [6.45, 7) is 2.67. The third kappa shape index (κ3) is 13.3. The standard InChI is InChI=1S/C27H43N5O8S/c1-3-4-15-41(38,39)32-23(27(36)37)17-29-25(34)18-30-26(35)22(16-20-5-8-21(40-2)9-6-20)31-24(33)10-7-19-11-13-28-14-12-19/h5-6,8-9,19,22-23,28,32H,3-4,7,10-18H2,1-2H3,(H,29,34)(H,30,35)(H,31,33)(H,36,37)/t22-,23-/m0/s1. The number of unbranched alkanes of at least 4 members (excludes halogenated alkanes) is 1. The van der Waals surface area contributed by atoms with Crippen molar-refractivity contribution in [2.45, 2.75) is 64.0 Å². The molecule has 1 heterocycles. The summed E-state index contributed by atoms with van der Waals surface area (Å²) in [4.78, 5) is 49.6. The smallest absolute Gasteiger partial charge is 0.323 e. The van der Waals surface area contributed by atoms with Crippen LogP contribution in [0.15, 0.2) is 24.3 Å². The van der Waals surface area contributed by atoms with Gasteiger partial charge in [0.2, 0.25) is 27.7 Å². The number of aliphatic carboxylic acids is 1. The fourth-order valence-electron chi connectivity index (χ4n) is 4.34. The van der Waals surface area contributed by atoms with Gasteiger partial charge in [-0.2, -0.15) is 4.72 Å². The molecule has 0 radical (unpaired) electrons. The number of sulfonamides is 1. The first-order valence-electron chi connectivity index (χ1n) is 13.9. The molecule has 0 aliphatic carbocycles. The number of carboxylic acid groups (broad SMARTS) is 1. The highest BCUT2D eigenvalue weighted by Gasteiger charge is 2.26. The average molecular weight is 598 g/mol. The number of carboxylic acids is 1. The third-order valence-corrected chi connectivity index (χ3v) is 8.27. The van der Waals surface area contributed by atoms with E-state index in [1.807, 2.05) is 0 Å². The van der Waals surface area contributed by atoms with Crippen LogP contribution in [0.5, 0.6) is 5.75 Å². The Morgan fingerprint density at radius 3 is 2.34 bits per heavy atom. The lowest BCUT2D eigenvalue weighted by Gasteiger charge is -2.23. The van der Waals surface area contributed by atoms with E-state index in [1.54, 1.807) is 38.3 Å². The molecule has 0 aromatic heterocycles. The number of ether oxygens (including phenoxy) is 1. The second kappa shape index (κ2) is 17.6. The molecule has 2 rings (SSSR count). The first-order chi connectivity index (χ1) is 19.5. The summed E-state index contributed by atoms with van der Waals surface area (Å²) in [5, 5.41) is 20.2. The van der Waals surface area contributed by atoms with Gasteiger partial charge < -0.3 is 31.1 Å². The number of hydrogen-bond acceptors (Lipinski definition) is 8. The Morgan fingerprint density at radius 2 is 1.73 bits per heavy atom. The largest absolute Gasteiger partial charge is 0.497 e. The molecule has 1 aliphatic heterocycles. The van der Waals surface area contributed by atoms with Crippen LogP contribution in [-0.2, 0) is 35.6 Å². The van der Waals surface area contributed by atoms with E-state index in [-0.39, 0.29) is 24.5 Å². The van der Waals surface area contributed by atoms with E-state index in [9.17, 15) is 32.7 Å². The molecule has 1 aliphatic rings. The Hall–Kier alpha value is -3.23. The second-order valence-corrected chi connectivity index (χ2v) is 12.0. The van der Waals surface area contributed by atoms with Gasteiger partial charge in [-0.15, -0.1) is 0 Å². The molecular weight excluding hydrogens is 554 g/mol. The quantitative estimate of drug-likeness (QED) is 0.134. The van der Waals surface area contributed by atoms with Crippen LogP contribution in [0.25, 0.3) is 0 Å². The number of piperidine rings is 1. The number of amides is 3. The molecular formula is C27H43N5O8S. The monoisotopic (exact) mass is 597 g/mol. The molecule has 230 valence electrons. The van der Waals surface area contributed by atoms with Crippen LogP contribution in [0.2, 0.25) is 0 Å². The summed E-state index contributed by atoms with van der Waals surface area (Å²) in [5.74, 6) is -2.13. The van der Waals surface area contributed by atoms with Crippen molar-refractivity contribution in [3.8, 4) is 5.75 Å². The molecule has 41 heavy (non-hydrogen) atoms. The zero-order valence-corrected chi connectivity index (χ0v) is 24.6. The second-order valence-electron chi connectivity index (χ2n) is 10.1. The van der Waals surface area contributed by atoms with Crippen molar-refractivity contribution in [3.05, 3.63) is 29.8 Å². The highest BCUT2D eigenvalue weighted by Crippen LogP contribution is 2.18. The predicted octanol–water partition coefficient (Wildman–Crippen LogP) is -0.0926. The van der Waals surface area contributed by atoms with E-state index in [0.29, 0.717) is 24.5 Å². The van der Waals surface area contributed by atoms with Crippen LogP contribution in [0.1, 0.15) is 51.0 Å². The molecule has 2 atom stereocenters. The molecule has 0 saturated carbocycles. The van der Waals surface area contributed by atoms with Crippen LogP contribution < -0.4 is 30.7 Å². The molecule has 0 bridgehead atoms. The summed E-state index contributed by atoms with van der Waals surface area (Å²) >= 11 is 0. The summed E-state index contributed by atoms with van der Waals surface area (Å²) in [6.07, 6.45) is 4.17. The lowest BCUT2D eigenvalue weighted by Crippen LogP contribution is -2.52. The number of carbonyl (C=O) groups excluding carboxylic acids is 3. The van der Waals surface area contributed by atoms with Crippen molar-refractivity contribution < 1.29 is 37.4 Å². The minimum Gasteiger partial charge on any atom is -0.497 e. The molecule has 1 aromatic carbocycles. The fraction of sp³-hybridized carbons (Fsp3) is 0.630. The number of nitrogens with one attached hydrogen (secondary N) is 5. The summed E-state index contributed by atoms with van der Waals surface area (Å²) in [5.41, 5.74) is 0.772. The highest BCUT2D eigenvalue weighted by molar-refractivity contribution is 7.89. The van der Waals surface area contributed by atoms with Gasteiger partial charge >= 0.3 is 5.97 Å². The Morgan fingerprint density at radius 1 is 1.05 bits per heavy atom. The van der Waals surface area contributed by atoms with Crippen molar-refractivity contribution >= 4 is 33.7 Å². The van der Waals surface area contributed by atoms with Gasteiger partial charge in [0.15, 0.2) is 0 Å². The van der Waals surface area contributed by atoms with Gasteiger partial charge in [0.25, 0.3) is 0 Å². The molecule has 14 heteroatoms. The maximum atomic E-state index is 13.0. The highest BCUT2D eigenvalue weighted by atomic mass is 32.2. The first kappa shape index (κ1) is 34.0. The van der Waals surface area contributed by atoms with Crippen LogP contribution in [0, 0.1) is 5.92 Å². The number of carbonyl (C=O) groups is 4. The van der Waals surface area contributed by atoms with E-state index in [0.717, 1.165) is 37.9 Å². The summed E-state index contributed by atoms with van der Waals surface area (Å²) in [6, 6.07) is 4.53. The molecule has 0 unspecified atom stereocenters. The number of hydrogen-bond donors (Lipinski definition) is 6. The van der Waals surface area contributed by atoms with Crippen molar-refractivity contribution in [1.29, 1.82) is 0 Å². The predicted molar refractivity (Wildman–Crippen MR) is 153 cm³/mol. The molecule has 3 amide bonds. The molecule has 1 saturated heterocycles. The van der Waals surface area contributed by atoms with Gasteiger partial charge in [0, 0.05) is 19.4 Å². The lowest BCUT2D eigenvalue weighted by atomic mass is 9.93. The molecule has 1 aromatic rings. The van der Waals surface area contributed by atoms with Crippen LogP contribution in [0.3, 0.4) is 0 Å². The van der Waals surface area contributed by atoms with E-state index in [4.69, 9.17) is 4.74 Å². The maximum Gasteiger partial charge on any atom is 0.323 e. The van der Waals surface area contributed by atoms with Crippen molar-refractivity contribution in [2.75, 3.05) is 39.0 Å². The molecule has 0 spiro atoms. The van der Waals surface area contributed by atoms with E-state index >= 15 is 0 Å². The van der Waals surface area contributed by atoms with E-state index in [1.165, 1.54) is 0 Å².